The third-order valence-electron chi connectivity index (χ3n) is 5.78. The normalized spacial score (nSPS) is 38.2. The van der Waals surface area contributed by atoms with Gasteiger partial charge in [-0.2, -0.15) is 0 Å². The second-order valence-corrected chi connectivity index (χ2v) is 7.71. The van der Waals surface area contributed by atoms with Gasteiger partial charge < -0.3 is 5.32 Å². The number of hydrogen-bond donors (Lipinski definition) is 1. The zero-order chi connectivity index (χ0) is 13.9. The summed E-state index contributed by atoms with van der Waals surface area (Å²) >= 11 is 6.05. The van der Waals surface area contributed by atoms with Crippen LogP contribution in [0, 0.1) is 31.6 Å². The van der Waals surface area contributed by atoms with Gasteiger partial charge in [0.2, 0.25) is 5.28 Å². The number of anilines is 1. The molecule has 4 bridgehead atoms. The van der Waals surface area contributed by atoms with Gasteiger partial charge in [0.05, 0.1) is 0 Å². The van der Waals surface area contributed by atoms with Crippen LogP contribution in [-0.4, -0.2) is 15.5 Å². The van der Waals surface area contributed by atoms with Gasteiger partial charge in [-0.1, -0.05) is 0 Å². The van der Waals surface area contributed by atoms with Crippen LogP contribution in [0.1, 0.15) is 49.8 Å². The lowest BCUT2D eigenvalue weighted by molar-refractivity contribution is 0.0105. The predicted octanol–water partition coefficient (Wildman–Crippen LogP) is 4.13. The molecule has 0 saturated heterocycles. The molecule has 1 N–H and O–H groups in total. The van der Waals surface area contributed by atoms with E-state index in [1.165, 1.54) is 38.5 Å². The minimum Gasteiger partial charge on any atom is -0.364 e. The maximum Gasteiger partial charge on any atom is 0.224 e. The number of hydrogen-bond acceptors (Lipinski definition) is 3. The molecule has 0 aliphatic heterocycles. The fourth-order valence-electron chi connectivity index (χ4n) is 5.23. The maximum atomic E-state index is 6.05. The van der Waals surface area contributed by atoms with Crippen LogP contribution in [-0.2, 0) is 0 Å². The Hall–Kier alpha value is -0.830. The molecular formula is C16H22ClN3. The van der Waals surface area contributed by atoms with Gasteiger partial charge in [0, 0.05) is 16.8 Å². The first-order valence-corrected chi connectivity index (χ1v) is 8.20. The highest BCUT2D eigenvalue weighted by Crippen LogP contribution is 2.56. The molecule has 0 spiro atoms. The van der Waals surface area contributed by atoms with Gasteiger partial charge in [-0.15, -0.1) is 0 Å². The zero-order valence-electron chi connectivity index (χ0n) is 12.2. The van der Waals surface area contributed by atoms with Gasteiger partial charge in [0.15, 0.2) is 0 Å². The SMILES string of the molecule is Cc1nc(Cl)nc(NC23CC4CC(CC(C4)C2)C3)c1C. The molecule has 20 heavy (non-hydrogen) atoms. The summed E-state index contributed by atoms with van der Waals surface area (Å²) in [5.41, 5.74) is 2.41. The third kappa shape index (κ3) is 2.02. The summed E-state index contributed by atoms with van der Waals surface area (Å²) in [6.07, 6.45) is 8.34. The van der Waals surface area contributed by atoms with Crippen LogP contribution in [0.5, 0.6) is 0 Å². The molecule has 0 aromatic carbocycles. The van der Waals surface area contributed by atoms with Crippen molar-refractivity contribution in [1.82, 2.24) is 9.97 Å². The summed E-state index contributed by atoms with van der Waals surface area (Å²) in [5.74, 6) is 3.77. The van der Waals surface area contributed by atoms with E-state index in [2.05, 4.69) is 22.2 Å². The average Bonchev–Trinajstić information content (AvgIpc) is 2.33. The topological polar surface area (TPSA) is 37.8 Å². The molecule has 1 heterocycles. The Labute approximate surface area is 125 Å². The van der Waals surface area contributed by atoms with Gasteiger partial charge >= 0.3 is 0 Å². The summed E-state index contributed by atoms with van der Waals surface area (Å²) in [6, 6.07) is 0. The monoisotopic (exact) mass is 291 g/mol. The molecule has 4 heteroatoms. The van der Waals surface area contributed by atoms with Crippen LogP contribution in [0.3, 0.4) is 0 Å². The fraction of sp³-hybridized carbons (Fsp3) is 0.750. The first-order valence-electron chi connectivity index (χ1n) is 7.82. The van der Waals surface area contributed by atoms with Crippen molar-refractivity contribution in [1.29, 1.82) is 0 Å². The Kier molecular flexibility index (Phi) is 2.79. The zero-order valence-corrected chi connectivity index (χ0v) is 13.0. The third-order valence-corrected chi connectivity index (χ3v) is 5.95. The fourth-order valence-corrected chi connectivity index (χ4v) is 5.44. The molecule has 1 aromatic rings. The van der Waals surface area contributed by atoms with Crippen molar-refractivity contribution in [3.05, 3.63) is 16.5 Å². The molecule has 0 unspecified atom stereocenters. The van der Waals surface area contributed by atoms with E-state index in [4.69, 9.17) is 11.6 Å². The van der Waals surface area contributed by atoms with Crippen LogP contribution < -0.4 is 5.32 Å². The van der Waals surface area contributed by atoms with Crippen LogP contribution in [0.25, 0.3) is 0 Å². The van der Waals surface area contributed by atoms with E-state index < -0.39 is 0 Å². The molecule has 3 nitrogen and oxygen atoms in total. The summed E-state index contributed by atoms with van der Waals surface area (Å²) < 4.78 is 0. The van der Waals surface area contributed by atoms with Gasteiger partial charge in [-0.3, -0.25) is 0 Å². The largest absolute Gasteiger partial charge is 0.364 e. The van der Waals surface area contributed by atoms with E-state index in [1.807, 2.05) is 6.92 Å². The molecule has 4 fully saturated rings. The lowest BCUT2D eigenvalue weighted by Crippen LogP contribution is -2.55. The summed E-state index contributed by atoms with van der Waals surface area (Å²) in [7, 11) is 0. The number of aromatic nitrogens is 2. The first kappa shape index (κ1) is 12.9. The van der Waals surface area contributed by atoms with Gasteiger partial charge in [0.25, 0.3) is 0 Å². The molecule has 0 radical (unpaired) electrons. The molecular weight excluding hydrogens is 270 g/mol. The Morgan fingerprint density at radius 1 is 1.00 bits per heavy atom. The Morgan fingerprint density at radius 3 is 2.10 bits per heavy atom. The predicted molar refractivity (Wildman–Crippen MR) is 81.0 cm³/mol. The number of rotatable bonds is 2. The average molecular weight is 292 g/mol. The molecule has 5 rings (SSSR count). The summed E-state index contributed by atoms with van der Waals surface area (Å²) in [6.45, 7) is 4.10. The number of nitrogens with zero attached hydrogens (tertiary/aromatic N) is 2. The van der Waals surface area contributed by atoms with Crippen molar-refractivity contribution in [2.75, 3.05) is 5.32 Å². The molecule has 4 aliphatic carbocycles. The van der Waals surface area contributed by atoms with Gasteiger partial charge in [-0.25, -0.2) is 9.97 Å². The molecule has 0 atom stereocenters. The highest BCUT2D eigenvalue weighted by Gasteiger charge is 2.51. The van der Waals surface area contributed by atoms with E-state index in [1.54, 1.807) is 0 Å². The molecule has 1 aromatic heterocycles. The highest BCUT2D eigenvalue weighted by atomic mass is 35.5. The minimum atomic E-state index is 0.281. The smallest absolute Gasteiger partial charge is 0.224 e. The maximum absolute atomic E-state index is 6.05. The van der Waals surface area contributed by atoms with Crippen LogP contribution in [0.4, 0.5) is 5.82 Å². The second-order valence-electron chi connectivity index (χ2n) is 7.37. The van der Waals surface area contributed by atoms with E-state index in [9.17, 15) is 0 Å². The molecule has 4 aliphatic rings. The van der Waals surface area contributed by atoms with Crippen molar-refractivity contribution >= 4 is 17.4 Å². The summed E-state index contributed by atoms with van der Waals surface area (Å²) in [4.78, 5) is 8.70. The molecule has 0 amide bonds. The lowest BCUT2D eigenvalue weighted by Gasteiger charge is -2.57. The standard InChI is InChI=1S/C16H22ClN3/c1-9-10(2)18-15(17)19-14(9)20-16-6-11-3-12(7-16)5-13(4-11)8-16/h11-13H,3-8H2,1-2H3,(H,18,19,20). The molecule has 4 saturated carbocycles. The second kappa shape index (κ2) is 4.33. The van der Waals surface area contributed by atoms with Crippen molar-refractivity contribution in [2.45, 2.75) is 57.9 Å². The number of nitrogens with one attached hydrogen (secondary N) is 1. The first-order chi connectivity index (χ1) is 9.53. The van der Waals surface area contributed by atoms with Crippen molar-refractivity contribution in [2.24, 2.45) is 17.8 Å². The van der Waals surface area contributed by atoms with E-state index in [0.29, 0.717) is 5.28 Å². The van der Waals surface area contributed by atoms with E-state index >= 15 is 0 Å². The van der Waals surface area contributed by atoms with Crippen molar-refractivity contribution in [3.8, 4) is 0 Å². The Balaban J connectivity index is 1.66. The highest BCUT2D eigenvalue weighted by molar-refractivity contribution is 6.28. The van der Waals surface area contributed by atoms with E-state index in [-0.39, 0.29) is 5.54 Å². The molecule has 108 valence electrons. The summed E-state index contributed by atoms with van der Waals surface area (Å²) in [5, 5.41) is 4.16. The van der Waals surface area contributed by atoms with Crippen LogP contribution >= 0.6 is 11.6 Å². The van der Waals surface area contributed by atoms with Gasteiger partial charge in [-0.05, 0) is 81.7 Å². The Morgan fingerprint density at radius 2 is 1.55 bits per heavy atom. The van der Waals surface area contributed by atoms with Gasteiger partial charge in [0.1, 0.15) is 5.82 Å². The van der Waals surface area contributed by atoms with Crippen LogP contribution in [0.2, 0.25) is 5.28 Å². The quantitative estimate of drug-likeness (QED) is 0.833. The Bertz CT molecular complexity index is 520. The van der Waals surface area contributed by atoms with Crippen LogP contribution in [0.15, 0.2) is 0 Å². The number of aryl methyl sites for hydroxylation is 1. The number of halogens is 1. The van der Waals surface area contributed by atoms with E-state index in [0.717, 1.165) is 34.8 Å². The van der Waals surface area contributed by atoms with Crippen molar-refractivity contribution < 1.29 is 0 Å². The van der Waals surface area contributed by atoms with Crippen molar-refractivity contribution in [3.63, 3.8) is 0 Å². The minimum absolute atomic E-state index is 0.281. The lowest BCUT2D eigenvalue weighted by atomic mass is 9.53.